The molecule has 1 rings (SSSR count). The molecule has 0 heterocycles. The van der Waals surface area contributed by atoms with Crippen molar-refractivity contribution in [2.45, 2.75) is 32.7 Å². The molecule has 0 amide bonds. The summed E-state index contributed by atoms with van der Waals surface area (Å²) < 4.78 is 25.9. The lowest BCUT2D eigenvalue weighted by Gasteiger charge is -2.14. The summed E-state index contributed by atoms with van der Waals surface area (Å²) in [5.41, 5.74) is 6.22. The molecule has 0 aromatic heterocycles. The van der Waals surface area contributed by atoms with Crippen LogP contribution in [0.2, 0.25) is 0 Å². The van der Waals surface area contributed by atoms with Crippen molar-refractivity contribution in [3.8, 4) is 0 Å². The number of hydrogen-bond donors (Lipinski definition) is 1. The number of nitrogens with two attached hydrogens (primary N) is 1. The third-order valence-electron chi connectivity index (χ3n) is 2.36. The van der Waals surface area contributed by atoms with Crippen molar-refractivity contribution >= 4 is 0 Å². The molecule has 0 aliphatic carbocycles. The first-order chi connectivity index (χ1) is 6.99. The van der Waals surface area contributed by atoms with Gasteiger partial charge in [-0.25, -0.2) is 8.78 Å². The van der Waals surface area contributed by atoms with Crippen LogP contribution < -0.4 is 5.73 Å². The molecule has 3 heteroatoms. The average Bonchev–Trinajstić information content (AvgIpc) is 2.08. The Labute approximate surface area is 89.3 Å². The summed E-state index contributed by atoms with van der Waals surface area (Å²) >= 11 is 0. The third-order valence-corrected chi connectivity index (χ3v) is 2.36. The summed E-state index contributed by atoms with van der Waals surface area (Å²) in [5.74, 6) is -0.687. The molecule has 2 unspecified atom stereocenters. The zero-order chi connectivity index (χ0) is 11.4. The summed E-state index contributed by atoms with van der Waals surface area (Å²) in [6.07, 6.45) is 1.45. The first-order valence-corrected chi connectivity index (χ1v) is 5.18. The topological polar surface area (TPSA) is 26.0 Å². The Balaban J connectivity index is 2.64. The van der Waals surface area contributed by atoms with E-state index in [0.29, 0.717) is 17.9 Å². The van der Waals surface area contributed by atoms with Crippen molar-refractivity contribution in [2.75, 3.05) is 0 Å². The predicted octanol–water partition coefficient (Wildman–Crippen LogP) is 2.88. The van der Waals surface area contributed by atoms with E-state index in [9.17, 15) is 8.78 Å². The van der Waals surface area contributed by atoms with Gasteiger partial charge in [0.15, 0.2) is 0 Å². The van der Waals surface area contributed by atoms with Gasteiger partial charge in [0, 0.05) is 12.1 Å². The fourth-order valence-corrected chi connectivity index (χ4v) is 1.78. The molecular weight excluding hydrogens is 196 g/mol. The Kier molecular flexibility index (Phi) is 4.21. The van der Waals surface area contributed by atoms with E-state index in [-0.39, 0.29) is 6.04 Å². The highest BCUT2D eigenvalue weighted by molar-refractivity contribution is 5.18. The summed E-state index contributed by atoms with van der Waals surface area (Å²) in [6.45, 7) is 3.95. The van der Waals surface area contributed by atoms with Crippen molar-refractivity contribution in [1.82, 2.24) is 0 Å². The smallest absolute Gasteiger partial charge is 0.129 e. The van der Waals surface area contributed by atoms with Gasteiger partial charge in [-0.3, -0.25) is 0 Å². The molecule has 0 radical (unpaired) electrons. The first kappa shape index (κ1) is 12.1. The molecule has 2 atom stereocenters. The number of halogens is 2. The zero-order valence-corrected chi connectivity index (χ0v) is 9.13. The summed E-state index contributed by atoms with van der Waals surface area (Å²) in [7, 11) is 0. The van der Waals surface area contributed by atoms with Crippen LogP contribution in [0.1, 0.15) is 25.8 Å². The number of hydrogen-bond acceptors (Lipinski definition) is 1. The Morgan fingerprint density at radius 1 is 1.27 bits per heavy atom. The predicted molar refractivity (Wildman–Crippen MR) is 57.5 cm³/mol. The maximum absolute atomic E-state index is 13.3. The second kappa shape index (κ2) is 5.21. The molecule has 2 N–H and O–H groups in total. The quantitative estimate of drug-likeness (QED) is 0.817. The normalized spacial score (nSPS) is 15.0. The lowest BCUT2D eigenvalue weighted by atomic mass is 9.95. The molecule has 0 aliphatic rings. The van der Waals surface area contributed by atoms with Crippen LogP contribution in [0, 0.1) is 17.6 Å². The first-order valence-electron chi connectivity index (χ1n) is 5.18. The van der Waals surface area contributed by atoms with Gasteiger partial charge in [0.2, 0.25) is 0 Å². The van der Waals surface area contributed by atoms with E-state index in [1.54, 1.807) is 0 Å². The van der Waals surface area contributed by atoms with Crippen LogP contribution in [-0.4, -0.2) is 6.04 Å². The van der Waals surface area contributed by atoms with Crippen LogP contribution in [0.5, 0.6) is 0 Å². The number of benzene rings is 1. The minimum Gasteiger partial charge on any atom is -0.328 e. The highest BCUT2D eigenvalue weighted by atomic mass is 19.1. The van der Waals surface area contributed by atoms with Gasteiger partial charge in [0.25, 0.3) is 0 Å². The van der Waals surface area contributed by atoms with Crippen molar-refractivity contribution in [1.29, 1.82) is 0 Å². The Morgan fingerprint density at radius 3 is 2.47 bits per heavy atom. The van der Waals surface area contributed by atoms with Gasteiger partial charge in [-0.1, -0.05) is 13.0 Å². The van der Waals surface area contributed by atoms with E-state index >= 15 is 0 Å². The Hall–Kier alpha value is -0.960. The second-order valence-corrected chi connectivity index (χ2v) is 4.26. The van der Waals surface area contributed by atoms with E-state index in [4.69, 9.17) is 5.73 Å². The van der Waals surface area contributed by atoms with Gasteiger partial charge in [-0.15, -0.1) is 0 Å². The van der Waals surface area contributed by atoms with Crippen LogP contribution in [-0.2, 0) is 6.42 Å². The van der Waals surface area contributed by atoms with Crippen LogP contribution in [0.25, 0.3) is 0 Å². The van der Waals surface area contributed by atoms with Gasteiger partial charge in [-0.05, 0) is 37.3 Å². The molecule has 0 fully saturated rings. The average molecular weight is 213 g/mol. The van der Waals surface area contributed by atoms with Crippen LogP contribution >= 0.6 is 0 Å². The molecule has 0 bridgehead atoms. The van der Waals surface area contributed by atoms with E-state index < -0.39 is 11.6 Å². The SMILES string of the molecule is CC(N)CC(C)Cc1ccc(F)cc1F. The zero-order valence-electron chi connectivity index (χ0n) is 9.13. The maximum atomic E-state index is 13.3. The van der Waals surface area contributed by atoms with E-state index in [1.807, 2.05) is 13.8 Å². The van der Waals surface area contributed by atoms with Crippen molar-refractivity contribution < 1.29 is 8.78 Å². The van der Waals surface area contributed by atoms with Gasteiger partial charge in [0.1, 0.15) is 11.6 Å². The lowest BCUT2D eigenvalue weighted by molar-refractivity contribution is 0.467. The molecule has 1 nitrogen and oxygen atoms in total. The molecule has 0 saturated carbocycles. The molecule has 1 aromatic carbocycles. The summed E-state index contributed by atoms with van der Waals surface area (Å²) in [5, 5.41) is 0. The Morgan fingerprint density at radius 2 is 1.93 bits per heavy atom. The van der Waals surface area contributed by atoms with Gasteiger partial charge in [0.05, 0.1) is 0 Å². The third kappa shape index (κ3) is 3.96. The highest BCUT2D eigenvalue weighted by Gasteiger charge is 2.10. The van der Waals surface area contributed by atoms with E-state index in [2.05, 4.69) is 0 Å². The van der Waals surface area contributed by atoms with Crippen LogP contribution in [0.3, 0.4) is 0 Å². The minimum absolute atomic E-state index is 0.114. The molecular formula is C12H17F2N. The summed E-state index contributed by atoms with van der Waals surface area (Å²) in [4.78, 5) is 0. The molecule has 15 heavy (non-hydrogen) atoms. The monoisotopic (exact) mass is 213 g/mol. The van der Waals surface area contributed by atoms with Gasteiger partial charge in [-0.2, -0.15) is 0 Å². The second-order valence-electron chi connectivity index (χ2n) is 4.26. The standard InChI is InChI=1S/C12H17F2N/c1-8(5-9(2)15)6-10-3-4-11(13)7-12(10)14/h3-4,7-9H,5-6,15H2,1-2H3. The van der Waals surface area contributed by atoms with Gasteiger partial charge >= 0.3 is 0 Å². The Bertz CT molecular complexity index is 323. The van der Waals surface area contributed by atoms with Crippen molar-refractivity contribution in [3.63, 3.8) is 0 Å². The van der Waals surface area contributed by atoms with E-state index in [1.165, 1.54) is 12.1 Å². The van der Waals surface area contributed by atoms with Crippen LogP contribution in [0.4, 0.5) is 8.78 Å². The lowest BCUT2D eigenvalue weighted by Crippen LogP contribution is -2.19. The van der Waals surface area contributed by atoms with Crippen molar-refractivity contribution in [3.05, 3.63) is 35.4 Å². The van der Waals surface area contributed by atoms with Crippen LogP contribution in [0.15, 0.2) is 18.2 Å². The molecule has 0 spiro atoms. The molecule has 0 aliphatic heterocycles. The maximum Gasteiger partial charge on any atom is 0.129 e. The van der Waals surface area contributed by atoms with E-state index in [0.717, 1.165) is 12.5 Å². The minimum atomic E-state index is -0.531. The molecule has 84 valence electrons. The van der Waals surface area contributed by atoms with Gasteiger partial charge < -0.3 is 5.73 Å². The molecule has 0 saturated heterocycles. The van der Waals surface area contributed by atoms with Crippen molar-refractivity contribution in [2.24, 2.45) is 11.7 Å². The number of rotatable bonds is 4. The fraction of sp³-hybridized carbons (Fsp3) is 0.500. The fourth-order valence-electron chi connectivity index (χ4n) is 1.78. The molecule has 1 aromatic rings. The highest BCUT2D eigenvalue weighted by Crippen LogP contribution is 2.16. The largest absolute Gasteiger partial charge is 0.328 e. The summed E-state index contributed by atoms with van der Waals surface area (Å²) in [6, 6.07) is 3.83.